The number of halogens is 1. The molecule has 1 aromatic heterocycles. The van der Waals surface area contributed by atoms with E-state index < -0.39 is 23.9 Å². The molecule has 39 heavy (non-hydrogen) atoms. The molecule has 0 fully saturated rings. The van der Waals surface area contributed by atoms with Gasteiger partial charge in [-0.2, -0.15) is 5.10 Å². The maximum absolute atomic E-state index is 13.4. The van der Waals surface area contributed by atoms with Crippen molar-refractivity contribution in [2.24, 2.45) is 5.10 Å². The Morgan fingerprint density at radius 3 is 2.54 bits per heavy atom. The van der Waals surface area contributed by atoms with Crippen LogP contribution in [-0.4, -0.2) is 58.4 Å². The fourth-order valence-electron chi connectivity index (χ4n) is 4.74. The van der Waals surface area contributed by atoms with Gasteiger partial charge < -0.3 is 15.5 Å². The Kier molecular flexibility index (Phi) is 9.58. The van der Waals surface area contributed by atoms with Gasteiger partial charge in [0.2, 0.25) is 0 Å². The summed E-state index contributed by atoms with van der Waals surface area (Å²) >= 11 is 1.40. The first-order valence-electron chi connectivity index (χ1n) is 12.9. The Balaban J connectivity index is 1.49. The minimum atomic E-state index is -0.557. The summed E-state index contributed by atoms with van der Waals surface area (Å²) in [4.78, 5) is 29.4. The van der Waals surface area contributed by atoms with Crippen LogP contribution in [0.5, 0.6) is 0 Å². The summed E-state index contributed by atoms with van der Waals surface area (Å²) in [6, 6.07) is 13.0. The van der Waals surface area contributed by atoms with Gasteiger partial charge in [0.05, 0.1) is 24.0 Å². The molecule has 4 rings (SSSR count). The number of benzene rings is 2. The Hall–Kier alpha value is -3.44. The number of carbonyl (C=O) groups is 2. The van der Waals surface area contributed by atoms with Crippen molar-refractivity contribution in [1.29, 1.82) is 0 Å². The van der Waals surface area contributed by atoms with Crippen LogP contribution >= 0.6 is 11.3 Å². The second-order valence-corrected chi connectivity index (χ2v) is 11.0. The summed E-state index contributed by atoms with van der Waals surface area (Å²) in [7, 11) is 0. The van der Waals surface area contributed by atoms with Crippen LogP contribution < -0.4 is 10.7 Å². The lowest BCUT2D eigenvalue weighted by Gasteiger charge is -2.25. The van der Waals surface area contributed by atoms with E-state index in [2.05, 4.69) is 15.8 Å². The smallest absolute Gasteiger partial charge is 0.274 e. The zero-order valence-electron chi connectivity index (χ0n) is 22.0. The summed E-state index contributed by atoms with van der Waals surface area (Å²) in [6.45, 7) is 4.63. The van der Waals surface area contributed by atoms with E-state index in [1.165, 1.54) is 29.7 Å². The number of aliphatic hydroxyl groups is 2. The first-order chi connectivity index (χ1) is 18.7. The Morgan fingerprint density at radius 2 is 1.82 bits per heavy atom. The van der Waals surface area contributed by atoms with Gasteiger partial charge in [0.25, 0.3) is 11.8 Å². The van der Waals surface area contributed by atoms with Crippen LogP contribution in [0.2, 0.25) is 0 Å². The standard InChI is InChI=1S/C29H33FN4O4S/c1-18(35)15-34(16-19(2)36)17-21-7-3-8-22(12-21)27(37)32-29-26(24-10-5-11-25(24)39-29)28(38)33-31-14-20-6-4-9-23(30)13-20/h3-4,6-9,12-14,18-19,35-36H,5,10-11,15-17H2,1-2H3,(H,32,37)(H,33,38)/b31-14+. The molecule has 10 heteroatoms. The fourth-order valence-corrected chi connectivity index (χ4v) is 6.02. The molecule has 206 valence electrons. The Morgan fingerprint density at radius 1 is 1.08 bits per heavy atom. The minimum Gasteiger partial charge on any atom is -0.392 e. The highest BCUT2D eigenvalue weighted by Crippen LogP contribution is 2.39. The number of thiophene rings is 1. The predicted molar refractivity (Wildman–Crippen MR) is 151 cm³/mol. The second kappa shape index (κ2) is 13.1. The number of anilines is 1. The third kappa shape index (κ3) is 7.79. The molecule has 0 aliphatic heterocycles. The summed E-state index contributed by atoms with van der Waals surface area (Å²) < 4.78 is 13.4. The molecule has 2 atom stereocenters. The molecule has 0 saturated carbocycles. The molecule has 8 nitrogen and oxygen atoms in total. The number of aliphatic hydroxyl groups excluding tert-OH is 2. The highest BCUT2D eigenvalue weighted by molar-refractivity contribution is 7.17. The number of hydrazone groups is 1. The largest absolute Gasteiger partial charge is 0.392 e. The molecule has 1 heterocycles. The van der Waals surface area contributed by atoms with Crippen molar-refractivity contribution in [2.45, 2.75) is 51.9 Å². The Bertz CT molecular complexity index is 1340. The summed E-state index contributed by atoms with van der Waals surface area (Å²) in [5.41, 5.74) is 5.66. The fraction of sp³-hybridized carbons (Fsp3) is 0.345. The highest BCUT2D eigenvalue weighted by Gasteiger charge is 2.27. The van der Waals surface area contributed by atoms with Gasteiger partial charge in [0.15, 0.2) is 0 Å². The van der Waals surface area contributed by atoms with Gasteiger partial charge >= 0.3 is 0 Å². The third-order valence-corrected chi connectivity index (χ3v) is 7.45. The van der Waals surface area contributed by atoms with Crippen LogP contribution in [0.4, 0.5) is 9.39 Å². The number of fused-ring (bicyclic) bond motifs is 1. The molecule has 0 bridgehead atoms. The zero-order chi connectivity index (χ0) is 27.9. The molecule has 2 unspecified atom stereocenters. The van der Waals surface area contributed by atoms with E-state index in [1.807, 2.05) is 11.0 Å². The molecule has 0 radical (unpaired) electrons. The van der Waals surface area contributed by atoms with Gasteiger partial charge in [-0.3, -0.25) is 14.5 Å². The summed E-state index contributed by atoms with van der Waals surface area (Å²) in [6.07, 6.45) is 2.80. The van der Waals surface area contributed by atoms with Crippen molar-refractivity contribution in [2.75, 3.05) is 18.4 Å². The molecule has 0 spiro atoms. The molecule has 3 aromatic rings. The zero-order valence-corrected chi connectivity index (χ0v) is 22.8. The topological polar surface area (TPSA) is 114 Å². The SMILES string of the molecule is CC(O)CN(Cc1cccc(C(=O)Nc2sc3c(c2C(=O)N/N=C/c2cccc(F)c2)CCC3)c1)CC(C)O. The van der Waals surface area contributed by atoms with E-state index in [9.17, 15) is 24.2 Å². The summed E-state index contributed by atoms with van der Waals surface area (Å²) in [5, 5.41) is 27.0. The average Bonchev–Trinajstić information content (AvgIpc) is 3.44. The van der Waals surface area contributed by atoms with Crippen molar-refractivity contribution in [3.8, 4) is 0 Å². The van der Waals surface area contributed by atoms with Gasteiger partial charge in [0.1, 0.15) is 10.8 Å². The normalized spacial score (nSPS) is 14.4. The van der Waals surface area contributed by atoms with Gasteiger partial charge in [-0.1, -0.05) is 24.3 Å². The van der Waals surface area contributed by atoms with E-state index in [0.717, 1.165) is 35.3 Å². The first kappa shape index (κ1) is 28.6. The average molecular weight is 553 g/mol. The molecule has 1 aliphatic rings. The van der Waals surface area contributed by atoms with Crippen molar-refractivity contribution >= 4 is 34.4 Å². The van der Waals surface area contributed by atoms with Crippen LogP contribution in [0, 0.1) is 5.82 Å². The van der Waals surface area contributed by atoms with Gasteiger partial charge in [0, 0.05) is 30.1 Å². The number of carbonyl (C=O) groups excluding carboxylic acids is 2. The molecule has 2 amide bonds. The van der Waals surface area contributed by atoms with Crippen molar-refractivity contribution in [1.82, 2.24) is 10.3 Å². The van der Waals surface area contributed by atoms with Crippen LogP contribution in [0.15, 0.2) is 53.6 Å². The maximum Gasteiger partial charge on any atom is 0.274 e. The first-order valence-corrected chi connectivity index (χ1v) is 13.7. The number of hydrogen-bond donors (Lipinski definition) is 4. The summed E-state index contributed by atoms with van der Waals surface area (Å²) in [5.74, 6) is -1.17. The third-order valence-electron chi connectivity index (χ3n) is 6.24. The lowest BCUT2D eigenvalue weighted by atomic mass is 10.1. The van der Waals surface area contributed by atoms with Gasteiger partial charge in [-0.25, -0.2) is 9.82 Å². The molecular formula is C29H33FN4O4S. The number of aryl methyl sites for hydroxylation is 1. The van der Waals surface area contributed by atoms with Crippen LogP contribution in [0.3, 0.4) is 0 Å². The molecule has 4 N–H and O–H groups in total. The van der Waals surface area contributed by atoms with Crippen molar-refractivity contribution < 1.29 is 24.2 Å². The van der Waals surface area contributed by atoms with E-state index in [4.69, 9.17) is 0 Å². The van der Waals surface area contributed by atoms with E-state index >= 15 is 0 Å². The van der Waals surface area contributed by atoms with Crippen molar-refractivity contribution in [3.63, 3.8) is 0 Å². The predicted octanol–water partition coefficient (Wildman–Crippen LogP) is 3.96. The monoisotopic (exact) mass is 552 g/mol. The lowest BCUT2D eigenvalue weighted by molar-refractivity contribution is 0.0793. The van der Waals surface area contributed by atoms with E-state index in [0.29, 0.717) is 41.3 Å². The van der Waals surface area contributed by atoms with Gasteiger partial charge in [-0.15, -0.1) is 11.3 Å². The lowest BCUT2D eigenvalue weighted by Crippen LogP contribution is -2.35. The van der Waals surface area contributed by atoms with Crippen LogP contribution in [-0.2, 0) is 19.4 Å². The quantitative estimate of drug-likeness (QED) is 0.212. The van der Waals surface area contributed by atoms with Crippen molar-refractivity contribution in [3.05, 3.63) is 87.0 Å². The maximum atomic E-state index is 13.4. The molecule has 2 aromatic carbocycles. The Labute approximate surface area is 231 Å². The number of rotatable bonds is 11. The van der Waals surface area contributed by atoms with E-state index in [1.54, 1.807) is 44.2 Å². The number of hydrogen-bond acceptors (Lipinski definition) is 7. The highest BCUT2D eigenvalue weighted by atomic mass is 32.1. The number of amides is 2. The number of nitrogens with zero attached hydrogens (tertiary/aromatic N) is 2. The molecule has 1 aliphatic carbocycles. The van der Waals surface area contributed by atoms with Crippen LogP contribution in [0.1, 0.15) is 62.6 Å². The van der Waals surface area contributed by atoms with Crippen LogP contribution in [0.25, 0.3) is 0 Å². The number of nitrogens with one attached hydrogen (secondary N) is 2. The second-order valence-electron chi connectivity index (χ2n) is 9.86. The molecular weight excluding hydrogens is 519 g/mol. The minimum absolute atomic E-state index is 0.341. The van der Waals surface area contributed by atoms with E-state index in [-0.39, 0.29) is 5.91 Å². The van der Waals surface area contributed by atoms with Gasteiger partial charge in [-0.05, 0) is 74.1 Å². The molecule has 0 saturated heterocycles.